The Hall–Kier alpha value is -1.75. The van der Waals surface area contributed by atoms with Crippen molar-refractivity contribution in [3.63, 3.8) is 0 Å². The summed E-state index contributed by atoms with van der Waals surface area (Å²) >= 11 is 1.57. The highest BCUT2D eigenvalue weighted by atomic mass is 32.1. The largest absolute Gasteiger partial charge is 0.367 e. The van der Waals surface area contributed by atoms with E-state index in [9.17, 15) is 4.79 Å². The molecule has 2 aromatic carbocycles. The van der Waals surface area contributed by atoms with Crippen molar-refractivity contribution in [3.05, 3.63) is 47.3 Å². The number of fused-ring (bicyclic) bond motifs is 3. The van der Waals surface area contributed by atoms with Crippen LogP contribution < -0.4 is 5.32 Å². The molecule has 1 fully saturated rings. The van der Waals surface area contributed by atoms with E-state index in [0.29, 0.717) is 13.2 Å². The molecule has 0 saturated carbocycles. The maximum absolute atomic E-state index is 12.6. The van der Waals surface area contributed by atoms with E-state index >= 15 is 0 Å². The lowest BCUT2D eigenvalue weighted by Crippen LogP contribution is -2.42. The van der Waals surface area contributed by atoms with Gasteiger partial charge in [-0.15, -0.1) is 11.3 Å². The molecule has 3 aromatic rings. The van der Waals surface area contributed by atoms with Gasteiger partial charge in [0.2, 0.25) is 5.78 Å². The Labute approximate surface area is 126 Å². The van der Waals surface area contributed by atoms with E-state index < -0.39 is 0 Å². The Kier molecular flexibility index (Phi) is 3.22. The minimum atomic E-state index is -0.349. The highest BCUT2D eigenvalue weighted by Gasteiger charge is 2.24. The van der Waals surface area contributed by atoms with Gasteiger partial charge in [0.25, 0.3) is 0 Å². The second kappa shape index (κ2) is 5.22. The zero-order chi connectivity index (χ0) is 14.2. The summed E-state index contributed by atoms with van der Waals surface area (Å²) in [6, 6.07) is 14.5. The number of hydrogen-bond donors (Lipinski definition) is 1. The Morgan fingerprint density at radius 3 is 2.90 bits per heavy atom. The molecule has 1 aromatic heterocycles. The van der Waals surface area contributed by atoms with Crippen molar-refractivity contribution in [1.29, 1.82) is 0 Å². The highest BCUT2D eigenvalue weighted by molar-refractivity contribution is 7.21. The third-order valence-electron chi connectivity index (χ3n) is 3.87. The molecule has 0 spiro atoms. The number of hydrogen-bond acceptors (Lipinski definition) is 4. The monoisotopic (exact) mass is 297 g/mol. The molecule has 1 aliphatic heterocycles. The van der Waals surface area contributed by atoms with Gasteiger partial charge in [0.05, 0.1) is 11.5 Å². The van der Waals surface area contributed by atoms with Crippen LogP contribution in [0.4, 0.5) is 0 Å². The van der Waals surface area contributed by atoms with Gasteiger partial charge in [0.1, 0.15) is 6.10 Å². The van der Waals surface area contributed by atoms with E-state index in [1.54, 1.807) is 11.3 Å². The molecule has 1 aliphatic rings. The van der Waals surface area contributed by atoms with E-state index in [-0.39, 0.29) is 11.9 Å². The third-order valence-corrected chi connectivity index (χ3v) is 5.07. The van der Waals surface area contributed by atoms with E-state index in [4.69, 9.17) is 4.74 Å². The zero-order valence-electron chi connectivity index (χ0n) is 11.5. The molecule has 0 aliphatic carbocycles. The maximum atomic E-state index is 12.6. The number of rotatable bonds is 2. The minimum Gasteiger partial charge on any atom is -0.367 e. The molecule has 1 saturated heterocycles. The normalized spacial score (nSPS) is 19.1. The standard InChI is InChI=1S/C17H15NO2S/c19-16(14-10-18-7-8-20-14)15-9-12-6-5-11-3-1-2-4-13(11)17(12)21-15/h1-6,9,14,18H,7-8,10H2. The average molecular weight is 297 g/mol. The van der Waals surface area contributed by atoms with Crippen LogP contribution in [0.2, 0.25) is 0 Å². The second-order valence-corrected chi connectivity index (χ2v) is 6.30. The number of morpholine rings is 1. The molecule has 21 heavy (non-hydrogen) atoms. The van der Waals surface area contributed by atoms with Crippen LogP contribution in [-0.4, -0.2) is 31.6 Å². The first-order valence-electron chi connectivity index (χ1n) is 7.11. The number of ether oxygens (including phenoxy) is 1. The smallest absolute Gasteiger partial charge is 0.202 e. The zero-order valence-corrected chi connectivity index (χ0v) is 12.3. The van der Waals surface area contributed by atoms with Gasteiger partial charge in [-0.05, 0) is 22.2 Å². The summed E-state index contributed by atoms with van der Waals surface area (Å²) in [6.45, 7) is 2.03. The van der Waals surface area contributed by atoms with Crippen LogP contribution in [0.5, 0.6) is 0 Å². The summed E-state index contributed by atoms with van der Waals surface area (Å²) < 4.78 is 6.75. The molecule has 1 unspecified atom stereocenters. The number of Topliss-reactive ketones (excluding diaryl/α,β-unsaturated/α-hetero) is 1. The van der Waals surface area contributed by atoms with Crippen molar-refractivity contribution in [3.8, 4) is 0 Å². The second-order valence-electron chi connectivity index (χ2n) is 5.24. The molecule has 1 N–H and O–H groups in total. The summed E-state index contributed by atoms with van der Waals surface area (Å²) in [7, 11) is 0. The topological polar surface area (TPSA) is 38.3 Å². The molecule has 1 atom stereocenters. The summed E-state index contributed by atoms with van der Waals surface area (Å²) in [5, 5.41) is 6.76. The first-order valence-corrected chi connectivity index (χ1v) is 7.92. The number of carbonyl (C=O) groups is 1. The lowest BCUT2D eigenvalue weighted by molar-refractivity contribution is 0.0273. The van der Waals surface area contributed by atoms with E-state index in [1.165, 1.54) is 15.5 Å². The van der Waals surface area contributed by atoms with Crippen molar-refractivity contribution in [1.82, 2.24) is 5.32 Å². The molecular formula is C17H15NO2S. The molecule has 3 nitrogen and oxygen atoms in total. The van der Waals surface area contributed by atoms with Crippen LogP contribution in [0.1, 0.15) is 9.67 Å². The van der Waals surface area contributed by atoms with Crippen LogP contribution in [0.3, 0.4) is 0 Å². The lowest BCUT2D eigenvalue weighted by Gasteiger charge is -2.21. The highest BCUT2D eigenvalue weighted by Crippen LogP contribution is 2.33. The lowest BCUT2D eigenvalue weighted by atomic mass is 10.1. The molecular weight excluding hydrogens is 282 g/mol. The Morgan fingerprint density at radius 1 is 1.19 bits per heavy atom. The SMILES string of the molecule is O=C(c1cc2ccc3ccccc3c2s1)C1CNCCO1. The molecule has 4 rings (SSSR count). The van der Waals surface area contributed by atoms with Gasteiger partial charge in [-0.3, -0.25) is 4.79 Å². The van der Waals surface area contributed by atoms with Gasteiger partial charge in [0, 0.05) is 17.8 Å². The van der Waals surface area contributed by atoms with Crippen molar-refractivity contribution in [2.75, 3.05) is 19.7 Å². The minimum absolute atomic E-state index is 0.0903. The van der Waals surface area contributed by atoms with Gasteiger partial charge < -0.3 is 10.1 Å². The summed E-state index contributed by atoms with van der Waals surface area (Å²) in [5.41, 5.74) is 0. The van der Waals surface area contributed by atoms with Crippen molar-refractivity contribution in [2.24, 2.45) is 0 Å². The maximum Gasteiger partial charge on any atom is 0.202 e. The van der Waals surface area contributed by atoms with Crippen LogP contribution in [-0.2, 0) is 4.74 Å². The summed E-state index contributed by atoms with van der Waals surface area (Å²) in [4.78, 5) is 13.3. The number of benzene rings is 2. The third kappa shape index (κ3) is 2.25. The Balaban J connectivity index is 1.79. The molecule has 106 valence electrons. The van der Waals surface area contributed by atoms with E-state index in [0.717, 1.165) is 16.8 Å². The number of nitrogens with one attached hydrogen (secondary N) is 1. The molecule has 0 amide bonds. The predicted octanol–water partition coefficient (Wildman–Crippen LogP) is 3.23. The summed E-state index contributed by atoms with van der Waals surface area (Å²) in [5.74, 6) is 0.0903. The number of thiophene rings is 1. The fourth-order valence-corrected chi connectivity index (χ4v) is 3.96. The van der Waals surface area contributed by atoms with Gasteiger partial charge in [-0.1, -0.05) is 36.4 Å². The van der Waals surface area contributed by atoms with E-state index in [2.05, 4.69) is 29.6 Å². The quantitative estimate of drug-likeness (QED) is 0.738. The van der Waals surface area contributed by atoms with Gasteiger partial charge in [-0.25, -0.2) is 0 Å². The van der Waals surface area contributed by atoms with Crippen LogP contribution in [0.25, 0.3) is 20.9 Å². The van der Waals surface area contributed by atoms with Crippen molar-refractivity contribution in [2.45, 2.75) is 6.10 Å². The van der Waals surface area contributed by atoms with Crippen LogP contribution in [0.15, 0.2) is 42.5 Å². The Morgan fingerprint density at radius 2 is 2.05 bits per heavy atom. The predicted molar refractivity (Wildman–Crippen MR) is 86.3 cm³/mol. The molecule has 4 heteroatoms. The van der Waals surface area contributed by atoms with Crippen LogP contribution in [0, 0.1) is 0 Å². The molecule has 2 heterocycles. The average Bonchev–Trinajstić information content (AvgIpc) is 2.99. The van der Waals surface area contributed by atoms with E-state index in [1.807, 2.05) is 18.2 Å². The molecule has 0 bridgehead atoms. The molecule has 0 radical (unpaired) electrons. The fraction of sp³-hybridized carbons (Fsp3) is 0.235. The Bertz CT molecular complexity index is 818. The first kappa shape index (κ1) is 13.0. The van der Waals surface area contributed by atoms with Crippen LogP contribution >= 0.6 is 11.3 Å². The first-order chi connectivity index (χ1) is 10.3. The van der Waals surface area contributed by atoms with Gasteiger partial charge in [-0.2, -0.15) is 0 Å². The van der Waals surface area contributed by atoms with Gasteiger partial charge >= 0.3 is 0 Å². The fourth-order valence-electron chi connectivity index (χ4n) is 2.78. The number of carbonyl (C=O) groups excluding carboxylic acids is 1. The summed E-state index contributed by atoms with van der Waals surface area (Å²) in [6.07, 6.45) is -0.349. The van der Waals surface area contributed by atoms with Crippen molar-refractivity contribution >= 4 is 38.0 Å². The van der Waals surface area contributed by atoms with Crippen molar-refractivity contribution < 1.29 is 9.53 Å². The van der Waals surface area contributed by atoms with Gasteiger partial charge in [0.15, 0.2) is 0 Å². The number of ketones is 1.